The van der Waals surface area contributed by atoms with E-state index in [4.69, 9.17) is 5.84 Å². The highest BCUT2D eigenvalue weighted by Gasteiger charge is 1.97. The van der Waals surface area contributed by atoms with Crippen LogP contribution in [0.15, 0.2) is 23.5 Å². The molecule has 0 aliphatic rings. The Morgan fingerprint density at radius 3 is 2.91 bits per heavy atom. The maximum atomic E-state index is 5.19. The molecule has 1 rings (SSSR count). The fourth-order valence-electron chi connectivity index (χ4n) is 0.708. The minimum absolute atomic E-state index is 0.597. The fourth-order valence-corrected chi connectivity index (χ4v) is 0.708. The van der Waals surface area contributed by atoms with Crippen molar-refractivity contribution < 1.29 is 0 Å². The summed E-state index contributed by atoms with van der Waals surface area (Å²) in [6, 6.07) is 1.77. The number of nitrogens with zero attached hydrogens (tertiary/aromatic N) is 3. The molecule has 0 saturated heterocycles. The summed E-state index contributed by atoms with van der Waals surface area (Å²) in [5, 5.41) is 7.30. The summed E-state index contributed by atoms with van der Waals surface area (Å²) < 4.78 is 0. The zero-order valence-corrected chi connectivity index (χ0v) is 6.15. The minimum atomic E-state index is 0.597. The molecule has 3 N–H and O–H groups in total. The molecule has 0 atom stereocenters. The van der Waals surface area contributed by atoms with Crippen LogP contribution in [0.2, 0.25) is 0 Å². The molecule has 0 aliphatic carbocycles. The first kappa shape index (κ1) is 7.62. The fraction of sp³-hybridized carbons (Fsp3) is 0.167. The average Bonchev–Trinajstić information content (AvgIpc) is 2.09. The van der Waals surface area contributed by atoms with Crippen LogP contribution in [0.4, 0.5) is 0 Å². The van der Waals surface area contributed by atoms with Crippen molar-refractivity contribution in [2.75, 3.05) is 7.05 Å². The maximum Gasteiger partial charge on any atom is 0.143 e. The van der Waals surface area contributed by atoms with Gasteiger partial charge in [0.1, 0.15) is 5.84 Å². The van der Waals surface area contributed by atoms with E-state index in [1.807, 2.05) is 0 Å². The van der Waals surface area contributed by atoms with E-state index in [9.17, 15) is 0 Å². The van der Waals surface area contributed by atoms with Crippen molar-refractivity contribution in [2.24, 2.45) is 10.8 Å². The molecular formula is C6H9N5. The highest BCUT2D eigenvalue weighted by molar-refractivity contribution is 5.97. The van der Waals surface area contributed by atoms with Gasteiger partial charge in [0, 0.05) is 12.6 Å². The van der Waals surface area contributed by atoms with Gasteiger partial charge in [-0.15, -0.1) is 0 Å². The summed E-state index contributed by atoms with van der Waals surface area (Å²) in [6.45, 7) is 0. The van der Waals surface area contributed by atoms with Gasteiger partial charge in [0.05, 0.1) is 12.4 Å². The molecular weight excluding hydrogens is 142 g/mol. The monoisotopic (exact) mass is 151 g/mol. The highest BCUT2D eigenvalue weighted by Crippen LogP contribution is 1.92. The van der Waals surface area contributed by atoms with Crippen molar-refractivity contribution in [1.29, 1.82) is 0 Å². The number of hydrogen-bond donors (Lipinski definition) is 2. The predicted octanol–water partition coefficient (Wildman–Crippen LogP) is -0.684. The molecule has 0 aliphatic heterocycles. The van der Waals surface area contributed by atoms with Crippen LogP contribution in [-0.2, 0) is 0 Å². The molecule has 1 aromatic heterocycles. The van der Waals surface area contributed by atoms with Crippen LogP contribution in [0.1, 0.15) is 5.56 Å². The van der Waals surface area contributed by atoms with Gasteiger partial charge in [-0.25, -0.2) is 5.84 Å². The van der Waals surface area contributed by atoms with E-state index in [-0.39, 0.29) is 0 Å². The molecule has 0 unspecified atom stereocenters. The Hall–Kier alpha value is -1.49. The predicted molar refractivity (Wildman–Crippen MR) is 41.8 cm³/mol. The summed E-state index contributed by atoms with van der Waals surface area (Å²) >= 11 is 0. The SMILES string of the molecule is CN=C(NN)c1ccnnc1. The smallest absolute Gasteiger partial charge is 0.143 e. The Labute approximate surface area is 64.3 Å². The summed E-state index contributed by atoms with van der Waals surface area (Å²) in [7, 11) is 1.65. The first-order valence-electron chi connectivity index (χ1n) is 3.09. The Morgan fingerprint density at radius 2 is 2.45 bits per heavy atom. The first-order chi connectivity index (χ1) is 5.38. The minimum Gasteiger partial charge on any atom is -0.308 e. The van der Waals surface area contributed by atoms with Crippen molar-refractivity contribution in [2.45, 2.75) is 0 Å². The number of hydrogen-bond acceptors (Lipinski definition) is 4. The van der Waals surface area contributed by atoms with Gasteiger partial charge < -0.3 is 5.43 Å². The van der Waals surface area contributed by atoms with Crippen molar-refractivity contribution in [3.05, 3.63) is 24.0 Å². The number of nitrogens with two attached hydrogens (primary N) is 1. The van der Waals surface area contributed by atoms with E-state index in [0.29, 0.717) is 5.84 Å². The molecule has 1 heterocycles. The zero-order chi connectivity index (χ0) is 8.10. The van der Waals surface area contributed by atoms with Gasteiger partial charge in [-0.05, 0) is 6.07 Å². The Kier molecular flexibility index (Phi) is 2.51. The van der Waals surface area contributed by atoms with Crippen molar-refractivity contribution >= 4 is 5.84 Å². The van der Waals surface area contributed by atoms with Gasteiger partial charge in [-0.2, -0.15) is 10.2 Å². The van der Waals surface area contributed by atoms with E-state index in [1.54, 1.807) is 25.5 Å². The van der Waals surface area contributed by atoms with Crippen LogP contribution >= 0.6 is 0 Å². The molecule has 0 amide bonds. The summed E-state index contributed by atoms with van der Waals surface area (Å²) in [6.07, 6.45) is 3.17. The Bertz CT molecular complexity index is 242. The topological polar surface area (TPSA) is 76.2 Å². The second-order valence-electron chi connectivity index (χ2n) is 1.85. The molecule has 0 bridgehead atoms. The quantitative estimate of drug-likeness (QED) is 0.241. The lowest BCUT2D eigenvalue weighted by atomic mass is 10.3. The third-order valence-corrected chi connectivity index (χ3v) is 1.22. The normalized spacial score (nSPS) is 11.3. The lowest BCUT2D eigenvalue weighted by Gasteiger charge is -2.01. The van der Waals surface area contributed by atoms with Gasteiger partial charge in [-0.1, -0.05) is 0 Å². The molecule has 5 nitrogen and oxygen atoms in total. The number of amidine groups is 1. The zero-order valence-electron chi connectivity index (χ0n) is 6.15. The lowest BCUT2D eigenvalue weighted by molar-refractivity contribution is 0.991. The second kappa shape index (κ2) is 3.62. The number of hydrazine groups is 1. The molecule has 0 radical (unpaired) electrons. The summed E-state index contributed by atoms with van der Waals surface area (Å²) in [5.74, 6) is 5.78. The van der Waals surface area contributed by atoms with Crippen LogP contribution in [-0.4, -0.2) is 23.1 Å². The largest absolute Gasteiger partial charge is 0.308 e. The van der Waals surface area contributed by atoms with Gasteiger partial charge in [0.15, 0.2) is 0 Å². The third-order valence-electron chi connectivity index (χ3n) is 1.22. The van der Waals surface area contributed by atoms with Crippen LogP contribution in [0.3, 0.4) is 0 Å². The Balaban J connectivity index is 2.92. The molecule has 0 spiro atoms. The van der Waals surface area contributed by atoms with Gasteiger partial charge >= 0.3 is 0 Å². The van der Waals surface area contributed by atoms with E-state index >= 15 is 0 Å². The number of aromatic nitrogens is 2. The number of aliphatic imine (C=N–C) groups is 1. The van der Waals surface area contributed by atoms with Gasteiger partial charge in [-0.3, -0.25) is 4.99 Å². The van der Waals surface area contributed by atoms with Crippen LogP contribution < -0.4 is 11.3 Å². The van der Waals surface area contributed by atoms with Crippen LogP contribution in [0, 0.1) is 0 Å². The molecule has 11 heavy (non-hydrogen) atoms. The number of nitrogens with one attached hydrogen (secondary N) is 1. The molecule has 5 heteroatoms. The average molecular weight is 151 g/mol. The van der Waals surface area contributed by atoms with E-state index in [0.717, 1.165) is 5.56 Å². The third kappa shape index (κ3) is 1.71. The molecule has 0 aromatic carbocycles. The molecule has 58 valence electrons. The highest BCUT2D eigenvalue weighted by atomic mass is 15.2. The van der Waals surface area contributed by atoms with E-state index in [1.165, 1.54) is 0 Å². The maximum absolute atomic E-state index is 5.19. The van der Waals surface area contributed by atoms with Crippen molar-refractivity contribution in [3.8, 4) is 0 Å². The van der Waals surface area contributed by atoms with Crippen LogP contribution in [0.5, 0.6) is 0 Å². The molecule has 0 saturated carbocycles. The summed E-state index contributed by atoms with van der Waals surface area (Å²) in [4.78, 5) is 3.89. The second-order valence-corrected chi connectivity index (χ2v) is 1.85. The van der Waals surface area contributed by atoms with Gasteiger partial charge in [0.2, 0.25) is 0 Å². The molecule has 1 aromatic rings. The van der Waals surface area contributed by atoms with Gasteiger partial charge in [0.25, 0.3) is 0 Å². The first-order valence-corrected chi connectivity index (χ1v) is 3.09. The lowest BCUT2D eigenvalue weighted by Crippen LogP contribution is -2.31. The molecule has 0 fully saturated rings. The summed E-state index contributed by atoms with van der Waals surface area (Å²) in [5.41, 5.74) is 3.27. The van der Waals surface area contributed by atoms with Crippen molar-refractivity contribution in [1.82, 2.24) is 15.6 Å². The van der Waals surface area contributed by atoms with E-state index < -0.39 is 0 Å². The van der Waals surface area contributed by atoms with Crippen molar-refractivity contribution in [3.63, 3.8) is 0 Å². The van der Waals surface area contributed by atoms with Crippen LogP contribution in [0.25, 0.3) is 0 Å². The standard InChI is InChI=1S/C6H9N5/c1-8-6(11-7)5-2-3-9-10-4-5/h2-4H,7H2,1H3,(H,8,11). The Morgan fingerprint density at radius 1 is 1.64 bits per heavy atom. The number of rotatable bonds is 1. The van der Waals surface area contributed by atoms with E-state index in [2.05, 4.69) is 20.6 Å².